The second-order valence-electron chi connectivity index (χ2n) is 7.86. The van der Waals surface area contributed by atoms with E-state index in [2.05, 4.69) is 16.7 Å². The number of nitrogens with zero attached hydrogens (tertiary/aromatic N) is 2. The van der Waals surface area contributed by atoms with Crippen molar-refractivity contribution in [2.45, 2.75) is 75.7 Å². The number of aliphatic hydroxyl groups is 2. The van der Waals surface area contributed by atoms with Gasteiger partial charge in [0.2, 0.25) is 0 Å². The minimum absolute atomic E-state index is 0.442. The van der Waals surface area contributed by atoms with Crippen molar-refractivity contribution in [3.05, 3.63) is 0 Å². The van der Waals surface area contributed by atoms with Gasteiger partial charge in [0.15, 0.2) is 0 Å². The SMILES string of the molecule is CCC1CN2CCCCC2CN1CC(O)CC1(O)CCOCC1. The molecule has 2 N–H and O–H groups in total. The van der Waals surface area contributed by atoms with Crippen molar-refractivity contribution in [3.8, 4) is 0 Å². The summed E-state index contributed by atoms with van der Waals surface area (Å²) in [5.74, 6) is 0. The first kappa shape index (κ1) is 17.6. The van der Waals surface area contributed by atoms with Gasteiger partial charge in [-0.3, -0.25) is 9.80 Å². The number of hydrogen-bond donors (Lipinski definition) is 2. The van der Waals surface area contributed by atoms with Gasteiger partial charge in [-0.05, 0) is 38.6 Å². The molecule has 0 saturated carbocycles. The third-order valence-electron chi connectivity index (χ3n) is 6.11. The van der Waals surface area contributed by atoms with E-state index < -0.39 is 11.7 Å². The summed E-state index contributed by atoms with van der Waals surface area (Å²) in [6, 6.07) is 1.22. The molecule has 3 aliphatic rings. The molecule has 0 amide bonds. The number of ether oxygens (including phenoxy) is 1. The Balaban J connectivity index is 1.54. The maximum Gasteiger partial charge on any atom is 0.0716 e. The molecule has 3 rings (SSSR count). The summed E-state index contributed by atoms with van der Waals surface area (Å²) < 4.78 is 5.33. The van der Waals surface area contributed by atoms with E-state index >= 15 is 0 Å². The zero-order valence-electron chi connectivity index (χ0n) is 14.6. The van der Waals surface area contributed by atoms with Crippen LogP contribution >= 0.6 is 0 Å². The number of hydrogen-bond acceptors (Lipinski definition) is 5. The van der Waals surface area contributed by atoms with Crippen LogP contribution in [0.5, 0.6) is 0 Å². The molecule has 0 radical (unpaired) electrons. The van der Waals surface area contributed by atoms with E-state index in [1.54, 1.807) is 0 Å². The van der Waals surface area contributed by atoms with E-state index in [1.807, 2.05) is 0 Å². The zero-order valence-corrected chi connectivity index (χ0v) is 14.6. The molecule has 134 valence electrons. The van der Waals surface area contributed by atoms with Gasteiger partial charge in [0.25, 0.3) is 0 Å². The maximum absolute atomic E-state index is 10.6. The van der Waals surface area contributed by atoms with Crippen LogP contribution in [0.1, 0.15) is 51.9 Å². The lowest BCUT2D eigenvalue weighted by Crippen LogP contribution is -2.60. The van der Waals surface area contributed by atoms with Gasteiger partial charge >= 0.3 is 0 Å². The first-order valence-corrected chi connectivity index (χ1v) is 9.56. The van der Waals surface area contributed by atoms with Crippen LogP contribution in [0.15, 0.2) is 0 Å². The van der Waals surface area contributed by atoms with Crippen LogP contribution in [0.4, 0.5) is 0 Å². The molecule has 0 aromatic heterocycles. The predicted octanol–water partition coefficient (Wildman–Crippen LogP) is 1.23. The van der Waals surface area contributed by atoms with Crippen LogP contribution in [0, 0.1) is 0 Å². The first-order chi connectivity index (χ1) is 11.1. The fraction of sp³-hybridized carbons (Fsp3) is 1.00. The molecule has 0 spiro atoms. The zero-order chi connectivity index (χ0) is 16.3. The van der Waals surface area contributed by atoms with Gasteiger partial charge in [0, 0.05) is 51.4 Å². The van der Waals surface area contributed by atoms with E-state index in [1.165, 1.54) is 25.8 Å². The summed E-state index contributed by atoms with van der Waals surface area (Å²) in [4.78, 5) is 5.15. The highest BCUT2D eigenvalue weighted by Gasteiger charge is 2.37. The van der Waals surface area contributed by atoms with E-state index in [0.717, 1.165) is 19.5 Å². The highest BCUT2D eigenvalue weighted by molar-refractivity contribution is 4.92. The molecule has 3 saturated heterocycles. The predicted molar refractivity (Wildman–Crippen MR) is 90.5 cm³/mol. The normalized spacial score (nSPS) is 34.0. The number of piperazine rings is 1. The molecule has 5 nitrogen and oxygen atoms in total. The van der Waals surface area contributed by atoms with Crippen molar-refractivity contribution >= 4 is 0 Å². The molecule has 0 bridgehead atoms. The smallest absolute Gasteiger partial charge is 0.0716 e. The Kier molecular flexibility index (Phi) is 5.97. The Bertz CT molecular complexity index is 373. The number of rotatable bonds is 5. The van der Waals surface area contributed by atoms with Crippen LogP contribution in [0.2, 0.25) is 0 Å². The molecule has 0 aliphatic carbocycles. The van der Waals surface area contributed by atoms with E-state index in [-0.39, 0.29) is 0 Å². The Labute approximate surface area is 140 Å². The molecule has 5 heteroatoms. The largest absolute Gasteiger partial charge is 0.392 e. The molecule has 0 aromatic carbocycles. The number of fused-ring (bicyclic) bond motifs is 1. The van der Waals surface area contributed by atoms with Gasteiger partial charge in [-0.25, -0.2) is 0 Å². The highest BCUT2D eigenvalue weighted by Crippen LogP contribution is 2.28. The topological polar surface area (TPSA) is 56.2 Å². The maximum atomic E-state index is 10.6. The van der Waals surface area contributed by atoms with E-state index in [4.69, 9.17) is 4.74 Å². The second-order valence-corrected chi connectivity index (χ2v) is 7.86. The Hall–Kier alpha value is -0.200. The third kappa shape index (κ3) is 4.45. The van der Waals surface area contributed by atoms with Crippen molar-refractivity contribution in [1.29, 1.82) is 0 Å². The molecule has 3 unspecified atom stereocenters. The Morgan fingerprint density at radius 2 is 2.00 bits per heavy atom. The van der Waals surface area contributed by atoms with Gasteiger partial charge in [0.1, 0.15) is 0 Å². The van der Waals surface area contributed by atoms with Crippen LogP contribution in [-0.4, -0.2) is 83.2 Å². The fourth-order valence-corrected chi connectivity index (χ4v) is 4.65. The van der Waals surface area contributed by atoms with Gasteiger partial charge < -0.3 is 14.9 Å². The molecule has 3 heterocycles. The van der Waals surface area contributed by atoms with Crippen LogP contribution in [0.25, 0.3) is 0 Å². The average Bonchev–Trinajstić information content (AvgIpc) is 2.54. The van der Waals surface area contributed by atoms with Gasteiger partial charge in [-0.15, -0.1) is 0 Å². The lowest BCUT2D eigenvalue weighted by atomic mass is 9.87. The van der Waals surface area contributed by atoms with Crippen LogP contribution in [0.3, 0.4) is 0 Å². The standard InChI is InChI=1S/C18H34N2O3/c1-2-15-12-19-8-4-3-5-16(19)13-20(15)14-17(21)11-18(22)6-9-23-10-7-18/h15-17,21-22H,2-14H2,1H3. The quantitative estimate of drug-likeness (QED) is 0.796. The molecule has 23 heavy (non-hydrogen) atoms. The summed E-state index contributed by atoms with van der Waals surface area (Å²) in [5.41, 5.74) is -0.730. The minimum Gasteiger partial charge on any atom is -0.392 e. The van der Waals surface area contributed by atoms with Crippen molar-refractivity contribution < 1.29 is 14.9 Å². The fourth-order valence-electron chi connectivity index (χ4n) is 4.65. The lowest BCUT2D eigenvalue weighted by Gasteiger charge is -2.49. The molecule has 3 fully saturated rings. The number of piperidine rings is 1. The summed E-state index contributed by atoms with van der Waals surface area (Å²) in [6.45, 7) is 7.65. The number of aliphatic hydroxyl groups excluding tert-OH is 1. The lowest BCUT2D eigenvalue weighted by molar-refractivity contribution is -0.0943. The third-order valence-corrected chi connectivity index (χ3v) is 6.11. The second kappa shape index (κ2) is 7.79. The van der Waals surface area contributed by atoms with Gasteiger partial charge in [0.05, 0.1) is 11.7 Å². The summed E-state index contributed by atoms with van der Waals surface area (Å²) in [7, 11) is 0. The molecular formula is C18H34N2O3. The van der Waals surface area contributed by atoms with Crippen molar-refractivity contribution in [3.63, 3.8) is 0 Å². The molecule has 0 aromatic rings. The van der Waals surface area contributed by atoms with E-state index in [0.29, 0.717) is 51.1 Å². The van der Waals surface area contributed by atoms with Crippen LogP contribution in [-0.2, 0) is 4.74 Å². The van der Waals surface area contributed by atoms with E-state index in [9.17, 15) is 10.2 Å². The minimum atomic E-state index is -0.730. The molecule has 3 atom stereocenters. The Morgan fingerprint density at radius 1 is 1.22 bits per heavy atom. The molecule has 3 aliphatic heterocycles. The Morgan fingerprint density at radius 3 is 2.74 bits per heavy atom. The monoisotopic (exact) mass is 326 g/mol. The van der Waals surface area contributed by atoms with Crippen molar-refractivity contribution in [1.82, 2.24) is 9.80 Å². The highest BCUT2D eigenvalue weighted by atomic mass is 16.5. The number of β-amino-alcohol motifs (C(OH)–C–C–N with tert-alkyl or cyclic N) is 1. The molecular weight excluding hydrogens is 292 g/mol. The van der Waals surface area contributed by atoms with Crippen molar-refractivity contribution in [2.24, 2.45) is 0 Å². The summed E-state index contributed by atoms with van der Waals surface area (Å²) >= 11 is 0. The first-order valence-electron chi connectivity index (χ1n) is 9.56. The average molecular weight is 326 g/mol. The summed E-state index contributed by atoms with van der Waals surface area (Å²) in [6.07, 6.45) is 6.45. The van der Waals surface area contributed by atoms with Gasteiger partial charge in [-0.1, -0.05) is 13.3 Å². The van der Waals surface area contributed by atoms with Crippen molar-refractivity contribution in [2.75, 3.05) is 39.4 Å². The van der Waals surface area contributed by atoms with Crippen LogP contribution < -0.4 is 0 Å². The van der Waals surface area contributed by atoms with Gasteiger partial charge in [-0.2, -0.15) is 0 Å². The summed E-state index contributed by atoms with van der Waals surface area (Å²) in [5, 5.41) is 21.2.